The highest BCUT2D eigenvalue weighted by Crippen LogP contribution is 2.27. The fourth-order valence-electron chi connectivity index (χ4n) is 2.02. The summed E-state index contributed by atoms with van der Waals surface area (Å²) in [5.41, 5.74) is -0.510. The second-order valence-electron chi connectivity index (χ2n) is 5.21. The van der Waals surface area contributed by atoms with Crippen molar-refractivity contribution in [2.24, 2.45) is 0 Å². The van der Waals surface area contributed by atoms with Crippen LogP contribution in [0.2, 0.25) is 0 Å². The highest BCUT2D eigenvalue weighted by Gasteiger charge is 2.33. The second-order valence-corrected chi connectivity index (χ2v) is 5.80. The lowest BCUT2D eigenvalue weighted by molar-refractivity contribution is -0.120. The van der Waals surface area contributed by atoms with Gasteiger partial charge in [-0.1, -0.05) is 12.2 Å². The summed E-state index contributed by atoms with van der Waals surface area (Å²) < 4.78 is 14.1. The number of hydrogen-bond acceptors (Lipinski definition) is 3. The number of carbonyl (C=O) groups is 2. The number of nitrogens with one attached hydrogen (secondary N) is 1. The standard InChI is InChI=1S/C15H19FN2O2S/c1-9(19)15(3,4)18(10(2)21)11-6-7-12(13(16)8-11)14(20)17-5/h6-8H,1-5H3,(H,17,20). The Morgan fingerprint density at radius 3 is 2.24 bits per heavy atom. The summed E-state index contributed by atoms with van der Waals surface area (Å²) in [5, 5.41) is 2.37. The van der Waals surface area contributed by atoms with Crippen LogP contribution < -0.4 is 10.2 Å². The number of halogens is 1. The van der Waals surface area contributed by atoms with Gasteiger partial charge >= 0.3 is 0 Å². The summed E-state index contributed by atoms with van der Waals surface area (Å²) >= 11 is 5.19. The first-order valence-corrected chi connectivity index (χ1v) is 6.87. The molecular formula is C15H19FN2O2S. The van der Waals surface area contributed by atoms with Crippen LogP contribution in [0.3, 0.4) is 0 Å². The number of ketones is 1. The van der Waals surface area contributed by atoms with Gasteiger partial charge in [0, 0.05) is 12.7 Å². The fourth-order valence-corrected chi connectivity index (χ4v) is 2.35. The van der Waals surface area contributed by atoms with Crippen LogP contribution in [0.25, 0.3) is 0 Å². The molecule has 6 heteroatoms. The van der Waals surface area contributed by atoms with Crippen LogP contribution in [0.1, 0.15) is 38.1 Å². The molecule has 0 saturated carbocycles. The molecule has 1 aromatic rings. The first kappa shape index (κ1) is 17.2. The van der Waals surface area contributed by atoms with E-state index in [1.807, 2.05) is 0 Å². The van der Waals surface area contributed by atoms with Gasteiger partial charge in [0.25, 0.3) is 5.91 Å². The van der Waals surface area contributed by atoms with Gasteiger partial charge in [-0.3, -0.25) is 9.59 Å². The Labute approximate surface area is 129 Å². The number of hydrogen-bond donors (Lipinski definition) is 1. The average molecular weight is 310 g/mol. The van der Waals surface area contributed by atoms with Gasteiger partial charge in [0.2, 0.25) is 0 Å². The number of nitrogens with zero attached hydrogens (tertiary/aromatic N) is 1. The number of benzene rings is 1. The molecule has 0 aliphatic carbocycles. The molecule has 0 aliphatic heterocycles. The normalized spacial score (nSPS) is 11.0. The molecular weight excluding hydrogens is 291 g/mol. The second kappa shape index (κ2) is 6.30. The molecule has 0 radical (unpaired) electrons. The minimum absolute atomic E-state index is 0.0520. The third-order valence-corrected chi connectivity index (χ3v) is 3.60. The molecule has 114 valence electrons. The third-order valence-electron chi connectivity index (χ3n) is 3.42. The summed E-state index contributed by atoms with van der Waals surface area (Å²) in [4.78, 5) is 25.4. The largest absolute Gasteiger partial charge is 0.355 e. The number of amides is 1. The van der Waals surface area contributed by atoms with Gasteiger partial charge in [-0.15, -0.1) is 0 Å². The van der Waals surface area contributed by atoms with E-state index >= 15 is 0 Å². The SMILES string of the molecule is CNC(=O)c1ccc(N(C(C)=S)C(C)(C)C(C)=O)cc1F. The third kappa shape index (κ3) is 3.44. The Bertz CT molecular complexity index is 599. The lowest BCUT2D eigenvalue weighted by Crippen LogP contribution is -2.51. The Kier molecular flexibility index (Phi) is 5.17. The van der Waals surface area contributed by atoms with E-state index in [0.717, 1.165) is 0 Å². The molecule has 21 heavy (non-hydrogen) atoms. The summed E-state index contributed by atoms with van der Waals surface area (Å²) in [5.74, 6) is -1.26. The topological polar surface area (TPSA) is 49.4 Å². The smallest absolute Gasteiger partial charge is 0.253 e. The van der Waals surface area contributed by atoms with Crippen molar-refractivity contribution < 1.29 is 14.0 Å². The minimum Gasteiger partial charge on any atom is -0.355 e. The molecule has 0 aromatic heterocycles. The van der Waals surface area contributed by atoms with Gasteiger partial charge in [-0.2, -0.15) is 0 Å². The van der Waals surface area contributed by atoms with E-state index in [-0.39, 0.29) is 11.3 Å². The van der Waals surface area contributed by atoms with Gasteiger partial charge < -0.3 is 10.2 Å². The lowest BCUT2D eigenvalue weighted by Gasteiger charge is -2.37. The van der Waals surface area contributed by atoms with Crippen LogP contribution in [-0.4, -0.2) is 29.3 Å². The Morgan fingerprint density at radius 1 is 1.29 bits per heavy atom. The van der Waals surface area contributed by atoms with E-state index in [9.17, 15) is 14.0 Å². The van der Waals surface area contributed by atoms with Crippen molar-refractivity contribution in [1.29, 1.82) is 0 Å². The van der Waals surface area contributed by atoms with Crippen molar-refractivity contribution in [2.45, 2.75) is 33.2 Å². The molecule has 0 bridgehead atoms. The fraction of sp³-hybridized carbons (Fsp3) is 0.400. The van der Waals surface area contributed by atoms with Crippen molar-refractivity contribution >= 4 is 34.6 Å². The molecule has 1 N–H and O–H groups in total. The van der Waals surface area contributed by atoms with Gasteiger partial charge in [0.1, 0.15) is 5.82 Å². The van der Waals surface area contributed by atoms with E-state index in [4.69, 9.17) is 12.2 Å². The molecule has 1 amide bonds. The molecule has 1 rings (SSSR count). The van der Waals surface area contributed by atoms with Crippen LogP contribution in [-0.2, 0) is 4.79 Å². The van der Waals surface area contributed by atoms with Crippen LogP contribution in [0, 0.1) is 5.82 Å². The highest BCUT2D eigenvalue weighted by molar-refractivity contribution is 7.80. The summed E-state index contributed by atoms with van der Waals surface area (Å²) in [7, 11) is 1.43. The van der Waals surface area contributed by atoms with Crippen molar-refractivity contribution in [3.8, 4) is 0 Å². The number of thiocarbonyl (C=S) groups is 1. The van der Waals surface area contributed by atoms with Crippen molar-refractivity contribution in [2.75, 3.05) is 11.9 Å². The maximum Gasteiger partial charge on any atom is 0.253 e. The summed E-state index contributed by atoms with van der Waals surface area (Å²) in [6.07, 6.45) is 0. The van der Waals surface area contributed by atoms with Crippen molar-refractivity contribution in [3.05, 3.63) is 29.6 Å². The molecule has 0 spiro atoms. The van der Waals surface area contributed by atoms with E-state index in [1.54, 1.807) is 31.7 Å². The van der Waals surface area contributed by atoms with Gasteiger partial charge in [0.05, 0.1) is 16.1 Å². The van der Waals surface area contributed by atoms with Gasteiger partial charge in [0.15, 0.2) is 5.78 Å². The quantitative estimate of drug-likeness (QED) is 0.869. The zero-order chi connectivity index (χ0) is 16.4. The maximum absolute atomic E-state index is 14.1. The molecule has 0 fully saturated rings. The lowest BCUT2D eigenvalue weighted by atomic mass is 9.96. The summed E-state index contributed by atoms with van der Waals surface area (Å²) in [6.45, 7) is 6.57. The van der Waals surface area contributed by atoms with Crippen LogP contribution in [0.15, 0.2) is 18.2 Å². The Balaban J connectivity index is 3.36. The average Bonchev–Trinajstić information content (AvgIpc) is 2.37. The monoisotopic (exact) mass is 310 g/mol. The molecule has 1 aromatic carbocycles. The van der Waals surface area contributed by atoms with E-state index < -0.39 is 17.3 Å². The van der Waals surface area contributed by atoms with E-state index in [2.05, 4.69) is 5.32 Å². The van der Waals surface area contributed by atoms with Crippen molar-refractivity contribution in [1.82, 2.24) is 5.32 Å². The van der Waals surface area contributed by atoms with Crippen LogP contribution >= 0.6 is 12.2 Å². The van der Waals surface area contributed by atoms with E-state index in [1.165, 1.54) is 26.1 Å². The highest BCUT2D eigenvalue weighted by atomic mass is 32.1. The number of anilines is 1. The molecule has 4 nitrogen and oxygen atoms in total. The molecule has 0 aliphatic rings. The zero-order valence-electron chi connectivity index (χ0n) is 12.8. The molecule has 0 saturated heterocycles. The predicted molar refractivity (Wildman–Crippen MR) is 85.3 cm³/mol. The first-order valence-electron chi connectivity index (χ1n) is 6.46. The number of carbonyl (C=O) groups excluding carboxylic acids is 2. The van der Waals surface area contributed by atoms with Crippen LogP contribution in [0.5, 0.6) is 0 Å². The zero-order valence-corrected chi connectivity index (χ0v) is 13.6. The molecule has 0 heterocycles. The minimum atomic E-state index is -0.896. The first-order chi connectivity index (χ1) is 9.62. The Hall–Kier alpha value is -1.82. The van der Waals surface area contributed by atoms with Crippen LogP contribution in [0.4, 0.5) is 10.1 Å². The number of Topliss-reactive ketones (excluding diaryl/α,β-unsaturated/α-hetero) is 1. The maximum atomic E-state index is 14.1. The molecule has 0 atom stereocenters. The predicted octanol–water partition coefficient (Wildman–Crippen LogP) is 2.71. The van der Waals surface area contributed by atoms with Gasteiger partial charge in [-0.05, 0) is 45.9 Å². The Morgan fingerprint density at radius 2 is 1.86 bits per heavy atom. The van der Waals surface area contributed by atoms with E-state index in [0.29, 0.717) is 10.7 Å². The van der Waals surface area contributed by atoms with Crippen molar-refractivity contribution in [3.63, 3.8) is 0 Å². The number of rotatable bonds is 4. The van der Waals surface area contributed by atoms with Gasteiger partial charge in [-0.25, -0.2) is 4.39 Å². The molecule has 0 unspecified atom stereocenters. The summed E-state index contributed by atoms with van der Waals surface area (Å²) in [6, 6.07) is 4.17.